The van der Waals surface area contributed by atoms with Gasteiger partial charge >= 0.3 is 0 Å². The third-order valence-corrected chi connectivity index (χ3v) is 5.09. The van der Waals surface area contributed by atoms with E-state index in [1.165, 1.54) is 4.68 Å². The van der Waals surface area contributed by atoms with Crippen molar-refractivity contribution in [2.75, 3.05) is 0 Å². The lowest BCUT2D eigenvalue weighted by Gasteiger charge is -2.07. The summed E-state index contributed by atoms with van der Waals surface area (Å²) < 4.78 is 1.37. The molecule has 2 aromatic carbocycles. The number of aromatic amines is 1. The summed E-state index contributed by atoms with van der Waals surface area (Å²) in [5.74, 6) is 0. The molecule has 6 nitrogen and oxygen atoms in total. The van der Waals surface area contributed by atoms with Gasteiger partial charge in [0.1, 0.15) is 0 Å². The van der Waals surface area contributed by atoms with Gasteiger partial charge < -0.3 is 5.11 Å². The maximum Gasteiger partial charge on any atom is 0.274 e. The highest BCUT2D eigenvalue weighted by Crippen LogP contribution is 2.29. The van der Waals surface area contributed by atoms with E-state index < -0.39 is 0 Å². The standard InChI is InChI=1S/C19H16N4O2S.C2H6/c24-12-14-9-20-22-18(14)11-23-19(25)17-7-6-16(8-13(17)10-21-23)26-15-4-2-1-3-5-15;1-2/h1-10,24H,11-12H2,(H,20,22);1-2H3. The molecule has 28 heavy (non-hydrogen) atoms. The molecular formula is C21H22N4O2S. The molecule has 0 aliphatic rings. The summed E-state index contributed by atoms with van der Waals surface area (Å²) in [6.07, 6.45) is 3.25. The Bertz CT molecular complexity index is 1110. The van der Waals surface area contributed by atoms with Crippen molar-refractivity contribution < 1.29 is 5.11 Å². The molecule has 0 saturated heterocycles. The van der Waals surface area contributed by atoms with E-state index in [1.807, 2.05) is 62.4 Å². The van der Waals surface area contributed by atoms with Gasteiger partial charge in [0, 0.05) is 20.7 Å². The van der Waals surface area contributed by atoms with E-state index in [-0.39, 0.29) is 18.7 Å². The number of fused-ring (bicyclic) bond motifs is 1. The number of aliphatic hydroxyl groups is 1. The second-order valence-corrected chi connectivity index (χ2v) is 6.95. The van der Waals surface area contributed by atoms with Crippen LogP contribution in [0.25, 0.3) is 10.8 Å². The van der Waals surface area contributed by atoms with E-state index in [9.17, 15) is 9.90 Å². The Morgan fingerprint density at radius 1 is 1.07 bits per heavy atom. The van der Waals surface area contributed by atoms with E-state index in [2.05, 4.69) is 15.3 Å². The van der Waals surface area contributed by atoms with Crippen LogP contribution < -0.4 is 5.56 Å². The van der Waals surface area contributed by atoms with Gasteiger partial charge in [0.15, 0.2) is 0 Å². The molecule has 0 bridgehead atoms. The van der Waals surface area contributed by atoms with Gasteiger partial charge in [0.05, 0.1) is 36.6 Å². The molecule has 0 aliphatic heterocycles. The fourth-order valence-electron chi connectivity index (χ4n) is 2.73. The average Bonchev–Trinajstić information content (AvgIpc) is 3.19. The largest absolute Gasteiger partial charge is 0.392 e. The van der Waals surface area contributed by atoms with Gasteiger partial charge in [-0.25, -0.2) is 4.68 Å². The van der Waals surface area contributed by atoms with Crippen molar-refractivity contribution in [1.82, 2.24) is 20.0 Å². The molecule has 0 atom stereocenters. The molecule has 0 saturated carbocycles. The van der Waals surface area contributed by atoms with E-state index in [4.69, 9.17) is 0 Å². The van der Waals surface area contributed by atoms with Crippen molar-refractivity contribution in [1.29, 1.82) is 0 Å². The molecule has 0 radical (unpaired) electrons. The van der Waals surface area contributed by atoms with Crippen LogP contribution in [0.5, 0.6) is 0 Å². The molecule has 0 unspecified atom stereocenters. The fraction of sp³-hybridized carbons (Fsp3) is 0.190. The van der Waals surface area contributed by atoms with Gasteiger partial charge in [-0.1, -0.05) is 43.8 Å². The Morgan fingerprint density at radius 3 is 2.61 bits per heavy atom. The van der Waals surface area contributed by atoms with Crippen LogP contribution in [0, 0.1) is 0 Å². The number of H-pyrrole nitrogens is 1. The molecule has 2 aromatic heterocycles. The summed E-state index contributed by atoms with van der Waals surface area (Å²) in [5.41, 5.74) is 1.17. The van der Waals surface area contributed by atoms with Crippen LogP contribution in [0.2, 0.25) is 0 Å². The first-order valence-electron chi connectivity index (χ1n) is 9.09. The van der Waals surface area contributed by atoms with Gasteiger partial charge in [-0.3, -0.25) is 9.89 Å². The SMILES string of the molecule is CC.O=c1c2ccc(Sc3ccccc3)cc2cnn1Cc1[nH]ncc1CO. The zero-order valence-corrected chi connectivity index (χ0v) is 16.6. The van der Waals surface area contributed by atoms with Gasteiger partial charge in [-0.2, -0.15) is 10.2 Å². The Balaban J connectivity index is 0.00000109. The molecule has 2 heterocycles. The number of aliphatic hydroxyl groups excluding tert-OH is 1. The van der Waals surface area contributed by atoms with Crippen molar-refractivity contribution >= 4 is 22.5 Å². The minimum absolute atomic E-state index is 0.131. The molecule has 0 amide bonds. The normalized spacial score (nSPS) is 10.5. The number of nitrogens with zero attached hydrogens (tertiary/aromatic N) is 3. The molecule has 0 spiro atoms. The lowest BCUT2D eigenvalue weighted by atomic mass is 10.2. The van der Waals surface area contributed by atoms with Crippen LogP contribution in [-0.4, -0.2) is 25.1 Å². The second kappa shape index (κ2) is 9.34. The van der Waals surface area contributed by atoms with Crippen molar-refractivity contribution in [3.8, 4) is 0 Å². The first-order chi connectivity index (χ1) is 13.7. The smallest absolute Gasteiger partial charge is 0.274 e. The number of rotatable bonds is 5. The number of benzene rings is 2. The topological polar surface area (TPSA) is 83.8 Å². The average molecular weight is 395 g/mol. The predicted molar refractivity (Wildman–Crippen MR) is 112 cm³/mol. The van der Waals surface area contributed by atoms with E-state index in [1.54, 1.807) is 24.2 Å². The highest BCUT2D eigenvalue weighted by atomic mass is 32.2. The first-order valence-corrected chi connectivity index (χ1v) is 9.91. The van der Waals surface area contributed by atoms with Crippen LogP contribution in [0.3, 0.4) is 0 Å². The summed E-state index contributed by atoms with van der Waals surface area (Å²) in [6, 6.07) is 15.8. The van der Waals surface area contributed by atoms with Crippen molar-refractivity contribution in [3.63, 3.8) is 0 Å². The molecular weight excluding hydrogens is 372 g/mol. The van der Waals surface area contributed by atoms with Crippen molar-refractivity contribution in [2.24, 2.45) is 0 Å². The van der Waals surface area contributed by atoms with Crippen LogP contribution in [0.1, 0.15) is 25.1 Å². The highest BCUT2D eigenvalue weighted by Gasteiger charge is 2.10. The van der Waals surface area contributed by atoms with Gasteiger partial charge in [-0.05, 0) is 30.3 Å². The van der Waals surface area contributed by atoms with Crippen molar-refractivity contribution in [3.05, 3.63) is 82.5 Å². The summed E-state index contributed by atoms with van der Waals surface area (Å²) in [7, 11) is 0. The van der Waals surface area contributed by atoms with Crippen LogP contribution in [0.4, 0.5) is 0 Å². The highest BCUT2D eigenvalue weighted by molar-refractivity contribution is 7.99. The number of hydrogen-bond donors (Lipinski definition) is 2. The molecule has 4 aromatic rings. The maximum atomic E-state index is 12.7. The Hall–Kier alpha value is -2.90. The van der Waals surface area contributed by atoms with Gasteiger partial charge in [-0.15, -0.1) is 0 Å². The Kier molecular flexibility index (Phi) is 6.62. The quantitative estimate of drug-likeness (QED) is 0.537. The molecule has 0 fully saturated rings. The van der Waals surface area contributed by atoms with Crippen LogP contribution in [0.15, 0.2) is 75.5 Å². The second-order valence-electron chi connectivity index (χ2n) is 5.80. The Morgan fingerprint density at radius 2 is 1.86 bits per heavy atom. The molecule has 0 aliphatic carbocycles. The molecule has 144 valence electrons. The summed E-state index contributed by atoms with van der Waals surface area (Å²) in [4.78, 5) is 14.9. The zero-order chi connectivity index (χ0) is 19.9. The lowest BCUT2D eigenvalue weighted by Crippen LogP contribution is -2.23. The number of aromatic nitrogens is 4. The summed E-state index contributed by atoms with van der Waals surface area (Å²) in [5, 5.41) is 21.7. The molecule has 2 N–H and O–H groups in total. The first kappa shape index (κ1) is 19.9. The minimum Gasteiger partial charge on any atom is -0.392 e. The van der Waals surface area contributed by atoms with Crippen molar-refractivity contribution in [2.45, 2.75) is 36.8 Å². The Labute approximate surface area is 167 Å². The molecule has 7 heteroatoms. The lowest BCUT2D eigenvalue weighted by molar-refractivity contribution is 0.280. The zero-order valence-electron chi connectivity index (χ0n) is 15.8. The van der Waals surface area contributed by atoms with Gasteiger partial charge in [0.2, 0.25) is 0 Å². The maximum absolute atomic E-state index is 12.7. The number of nitrogens with one attached hydrogen (secondary N) is 1. The van der Waals surface area contributed by atoms with E-state index >= 15 is 0 Å². The van der Waals surface area contributed by atoms with E-state index in [0.29, 0.717) is 16.6 Å². The molecule has 4 rings (SSSR count). The minimum atomic E-state index is -0.169. The summed E-state index contributed by atoms with van der Waals surface area (Å²) >= 11 is 1.64. The predicted octanol–water partition coefficient (Wildman–Crippen LogP) is 3.84. The fourth-order valence-corrected chi connectivity index (χ4v) is 3.61. The van der Waals surface area contributed by atoms with Crippen LogP contribution in [-0.2, 0) is 13.2 Å². The van der Waals surface area contributed by atoms with E-state index in [0.717, 1.165) is 15.2 Å². The third kappa shape index (κ3) is 4.32. The summed E-state index contributed by atoms with van der Waals surface area (Å²) in [6.45, 7) is 4.11. The number of hydrogen-bond acceptors (Lipinski definition) is 5. The monoisotopic (exact) mass is 394 g/mol. The van der Waals surface area contributed by atoms with Gasteiger partial charge in [0.25, 0.3) is 5.56 Å². The van der Waals surface area contributed by atoms with Crippen LogP contribution >= 0.6 is 11.8 Å². The third-order valence-electron chi connectivity index (χ3n) is 4.09.